The van der Waals surface area contributed by atoms with Crippen LogP contribution in [0.3, 0.4) is 0 Å². The molecule has 28 heavy (non-hydrogen) atoms. The van der Waals surface area contributed by atoms with Gasteiger partial charge in [0.05, 0.1) is 0 Å². The summed E-state index contributed by atoms with van der Waals surface area (Å²) in [5.41, 5.74) is -0.925. The van der Waals surface area contributed by atoms with Crippen molar-refractivity contribution in [2.24, 2.45) is 0 Å². The predicted octanol–water partition coefficient (Wildman–Crippen LogP) is 2.55. The van der Waals surface area contributed by atoms with Crippen LogP contribution >= 0.6 is 0 Å². The molecule has 8 nitrogen and oxygen atoms in total. The lowest BCUT2D eigenvalue weighted by atomic mass is 10.2. The largest absolute Gasteiger partial charge is 0.444 e. The average molecular weight is 401 g/mol. The molecule has 0 radical (unpaired) electrons. The third kappa shape index (κ3) is 20.5. The summed E-state index contributed by atoms with van der Waals surface area (Å²) in [5, 5.41) is 12.0. The molecule has 0 aromatic heterocycles. The van der Waals surface area contributed by atoms with Gasteiger partial charge in [-0.25, -0.2) is 9.59 Å². The number of amides is 2. The van der Waals surface area contributed by atoms with E-state index in [0.717, 1.165) is 39.0 Å². The zero-order valence-corrected chi connectivity index (χ0v) is 18.4. The number of carbonyl (C=O) groups is 2. The highest BCUT2D eigenvalue weighted by Gasteiger charge is 2.15. The Hall–Kier alpha value is -1.80. The van der Waals surface area contributed by atoms with E-state index in [4.69, 9.17) is 9.47 Å². The van der Waals surface area contributed by atoms with Crippen molar-refractivity contribution >= 4 is 12.2 Å². The van der Waals surface area contributed by atoms with Gasteiger partial charge in [-0.1, -0.05) is 12.2 Å². The second kappa shape index (κ2) is 14.2. The molecule has 0 bridgehead atoms. The van der Waals surface area contributed by atoms with Crippen LogP contribution in [0.2, 0.25) is 0 Å². The number of alkyl carbamates (subject to hydrolysis) is 2. The summed E-state index contributed by atoms with van der Waals surface area (Å²) in [5.74, 6) is 0. The Morgan fingerprint density at radius 3 is 1.36 bits per heavy atom. The lowest BCUT2D eigenvalue weighted by Gasteiger charge is -2.19. The minimum Gasteiger partial charge on any atom is -0.444 e. The van der Waals surface area contributed by atoms with Gasteiger partial charge >= 0.3 is 12.2 Å². The Labute approximate surface area is 170 Å². The summed E-state index contributed by atoms with van der Waals surface area (Å²) >= 11 is 0. The van der Waals surface area contributed by atoms with E-state index in [1.54, 1.807) is 0 Å². The minimum absolute atomic E-state index is 0.375. The fraction of sp³-hybridized carbons (Fsp3) is 0.800. The van der Waals surface area contributed by atoms with Crippen molar-refractivity contribution in [2.45, 2.75) is 65.6 Å². The highest BCUT2D eigenvalue weighted by Crippen LogP contribution is 2.06. The molecule has 2 amide bonds. The number of hydrogen-bond donors (Lipinski definition) is 4. The Balaban J connectivity index is 3.39. The molecule has 0 rings (SSSR count). The quantitative estimate of drug-likeness (QED) is 0.297. The SMILES string of the molecule is CC(C)(C)OC(=O)NCCCNCC=CCNCCCNC(=O)OC(C)(C)C. The summed E-state index contributed by atoms with van der Waals surface area (Å²) in [6.45, 7) is 15.5. The fourth-order valence-corrected chi connectivity index (χ4v) is 1.97. The topological polar surface area (TPSA) is 101 Å². The number of hydrogen-bond acceptors (Lipinski definition) is 6. The first-order chi connectivity index (χ1) is 13.0. The number of carbonyl (C=O) groups excluding carboxylic acids is 2. The molecule has 0 saturated heterocycles. The van der Waals surface area contributed by atoms with Crippen molar-refractivity contribution in [2.75, 3.05) is 39.3 Å². The summed E-state index contributed by atoms with van der Waals surface area (Å²) in [6.07, 6.45) is 5.06. The van der Waals surface area contributed by atoms with Crippen molar-refractivity contribution in [1.82, 2.24) is 21.3 Å². The molecule has 0 atom stereocenters. The summed E-state index contributed by atoms with van der Waals surface area (Å²) in [4.78, 5) is 22.9. The third-order valence-corrected chi connectivity index (χ3v) is 3.09. The molecular formula is C20H40N4O4. The molecular weight excluding hydrogens is 360 g/mol. The molecule has 0 aromatic carbocycles. The Bertz CT molecular complexity index is 426. The molecule has 164 valence electrons. The highest BCUT2D eigenvalue weighted by atomic mass is 16.6. The van der Waals surface area contributed by atoms with Crippen LogP contribution in [0.25, 0.3) is 0 Å². The van der Waals surface area contributed by atoms with Gasteiger partial charge in [-0.15, -0.1) is 0 Å². The van der Waals surface area contributed by atoms with Gasteiger partial charge in [0.1, 0.15) is 11.2 Å². The van der Waals surface area contributed by atoms with E-state index in [2.05, 4.69) is 33.4 Å². The molecule has 8 heteroatoms. The van der Waals surface area contributed by atoms with Crippen LogP contribution in [0.1, 0.15) is 54.4 Å². The maximum atomic E-state index is 11.4. The van der Waals surface area contributed by atoms with E-state index in [0.29, 0.717) is 13.1 Å². The van der Waals surface area contributed by atoms with Gasteiger partial charge in [0, 0.05) is 26.2 Å². The molecule has 0 unspecified atom stereocenters. The smallest absolute Gasteiger partial charge is 0.407 e. The van der Waals surface area contributed by atoms with Gasteiger partial charge in [0.25, 0.3) is 0 Å². The molecule has 0 spiro atoms. The minimum atomic E-state index is -0.463. The number of nitrogens with one attached hydrogen (secondary N) is 4. The van der Waals surface area contributed by atoms with Crippen LogP contribution < -0.4 is 21.3 Å². The van der Waals surface area contributed by atoms with Crippen LogP contribution in [-0.2, 0) is 9.47 Å². The predicted molar refractivity (Wildman–Crippen MR) is 113 cm³/mol. The number of rotatable bonds is 12. The molecule has 0 fully saturated rings. The second-order valence-corrected chi connectivity index (χ2v) is 8.44. The van der Waals surface area contributed by atoms with E-state index < -0.39 is 11.2 Å². The molecule has 0 aliphatic carbocycles. The van der Waals surface area contributed by atoms with Crippen LogP contribution in [0.4, 0.5) is 9.59 Å². The molecule has 0 saturated carbocycles. The average Bonchev–Trinajstić information content (AvgIpc) is 2.51. The van der Waals surface area contributed by atoms with E-state index >= 15 is 0 Å². The lowest BCUT2D eigenvalue weighted by Crippen LogP contribution is -2.34. The van der Waals surface area contributed by atoms with Crippen LogP contribution in [0.5, 0.6) is 0 Å². The van der Waals surface area contributed by atoms with Gasteiger partial charge in [-0.3, -0.25) is 0 Å². The normalized spacial score (nSPS) is 12.1. The van der Waals surface area contributed by atoms with Crippen molar-refractivity contribution < 1.29 is 19.1 Å². The maximum Gasteiger partial charge on any atom is 0.407 e. The zero-order chi connectivity index (χ0) is 21.5. The van der Waals surface area contributed by atoms with Crippen LogP contribution in [0.15, 0.2) is 12.2 Å². The van der Waals surface area contributed by atoms with Crippen molar-refractivity contribution in [3.63, 3.8) is 0 Å². The Morgan fingerprint density at radius 2 is 1.04 bits per heavy atom. The second-order valence-electron chi connectivity index (χ2n) is 8.44. The molecule has 0 aliphatic heterocycles. The lowest BCUT2D eigenvalue weighted by molar-refractivity contribution is 0.0515. The van der Waals surface area contributed by atoms with E-state index in [-0.39, 0.29) is 12.2 Å². The Kier molecular flexibility index (Phi) is 13.3. The maximum absolute atomic E-state index is 11.4. The fourth-order valence-electron chi connectivity index (χ4n) is 1.97. The summed E-state index contributed by atoms with van der Waals surface area (Å²) in [6, 6.07) is 0. The first kappa shape index (κ1) is 26.2. The van der Waals surface area contributed by atoms with Gasteiger partial charge in [-0.05, 0) is 67.5 Å². The molecule has 0 aliphatic rings. The van der Waals surface area contributed by atoms with Gasteiger partial charge in [-0.2, -0.15) is 0 Å². The van der Waals surface area contributed by atoms with Crippen molar-refractivity contribution in [3.8, 4) is 0 Å². The number of ether oxygens (including phenoxy) is 2. The van der Waals surface area contributed by atoms with E-state index in [1.807, 2.05) is 41.5 Å². The molecule has 4 N–H and O–H groups in total. The molecule has 0 aromatic rings. The van der Waals surface area contributed by atoms with Crippen LogP contribution in [0, 0.1) is 0 Å². The van der Waals surface area contributed by atoms with Crippen molar-refractivity contribution in [1.29, 1.82) is 0 Å². The monoisotopic (exact) mass is 400 g/mol. The first-order valence-corrected chi connectivity index (χ1v) is 10.00. The summed E-state index contributed by atoms with van der Waals surface area (Å²) in [7, 11) is 0. The van der Waals surface area contributed by atoms with Gasteiger partial charge < -0.3 is 30.7 Å². The van der Waals surface area contributed by atoms with Crippen LogP contribution in [-0.4, -0.2) is 62.7 Å². The van der Waals surface area contributed by atoms with Crippen molar-refractivity contribution in [3.05, 3.63) is 12.2 Å². The van der Waals surface area contributed by atoms with Gasteiger partial charge in [0.2, 0.25) is 0 Å². The zero-order valence-electron chi connectivity index (χ0n) is 18.4. The Morgan fingerprint density at radius 1 is 0.679 bits per heavy atom. The first-order valence-electron chi connectivity index (χ1n) is 10.00. The summed E-state index contributed by atoms with van der Waals surface area (Å²) < 4.78 is 10.3. The standard InChI is InChI=1S/C20H40N4O4/c1-19(2,3)27-17(25)23-15-9-13-21-11-7-8-12-22-14-10-16-24-18(26)28-20(4,5)6/h7-8,21-22H,9-16H2,1-6H3,(H,23,25)(H,24,26). The third-order valence-electron chi connectivity index (χ3n) is 3.09. The van der Waals surface area contributed by atoms with E-state index in [1.165, 1.54) is 0 Å². The highest BCUT2D eigenvalue weighted by molar-refractivity contribution is 5.67. The van der Waals surface area contributed by atoms with Gasteiger partial charge in [0.15, 0.2) is 0 Å². The molecule has 0 heterocycles. The van der Waals surface area contributed by atoms with E-state index in [9.17, 15) is 9.59 Å².